The third kappa shape index (κ3) is 7.65. The maximum atomic E-state index is 13.2. The molecule has 36 heavy (non-hydrogen) atoms. The third-order valence-corrected chi connectivity index (χ3v) is 6.31. The molecule has 2 aromatic rings. The number of hydrogen-bond acceptors (Lipinski definition) is 6. The first-order chi connectivity index (χ1) is 17.4. The monoisotopic (exact) mass is 517 g/mol. The highest BCUT2D eigenvalue weighted by Gasteiger charge is 2.36. The Balaban J connectivity index is 1.53. The standard InChI is InChI=1S/C26H29ClFN3O5/c27-20-3-6-23(22(15-20)25(34)30-9-13-35-14-12-32)36-17-24(33)31-10-7-26(18-29,8-11-31)16-19-1-4-21(28)5-2-19/h1-6,15,32H,7-14,16-17H2,(H,30,34). The van der Waals surface area contributed by atoms with Crippen LogP contribution in [0.2, 0.25) is 5.02 Å². The van der Waals surface area contributed by atoms with Crippen molar-refractivity contribution in [3.8, 4) is 11.8 Å². The number of piperidine rings is 1. The summed E-state index contributed by atoms with van der Waals surface area (Å²) in [6, 6.07) is 13.1. The molecular weight excluding hydrogens is 489 g/mol. The van der Waals surface area contributed by atoms with Crippen LogP contribution in [-0.4, -0.2) is 67.9 Å². The van der Waals surface area contributed by atoms with Crippen LogP contribution in [-0.2, 0) is 16.0 Å². The van der Waals surface area contributed by atoms with Gasteiger partial charge in [0.2, 0.25) is 0 Å². The summed E-state index contributed by atoms with van der Waals surface area (Å²) < 4.78 is 24.0. The zero-order chi connectivity index (χ0) is 26.0. The summed E-state index contributed by atoms with van der Waals surface area (Å²) in [6.45, 7) is 1.09. The van der Waals surface area contributed by atoms with Gasteiger partial charge in [-0.15, -0.1) is 0 Å². The van der Waals surface area contributed by atoms with Gasteiger partial charge in [-0.25, -0.2) is 4.39 Å². The van der Waals surface area contributed by atoms with E-state index in [-0.39, 0.29) is 56.0 Å². The van der Waals surface area contributed by atoms with Crippen LogP contribution in [0.3, 0.4) is 0 Å². The van der Waals surface area contributed by atoms with Crippen LogP contribution in [0.4, 0.5) is 4.39 Å². The average Bonchev–Trinajstić information content (AvgIpc) is 2.89. The van der Waals surface area contributed by atoms with Crippen molar-refractivity contribution in [1.82, 2.24) is 10.2 Å². The number of nitriles is 1. The van der Waals surface area contributed by atoms with Gasteiger partial charge in [0, 0.05) is 24.7 Å². The summed E-state index contributed by atoms with van der Waals surface area (Å²) in [5.41, 5.74) is 0.464. The maximum Gasteiger partial charge on any atom is 0.260 e. The summed E-state index contributed by atoms with van der Waals surface area (Å²) in [6.07, 6.45) is 1.50. The molecule has 8 nitrogen and oxygen atoms in total. The minimum atomic E-state index is -0.613. The molecule has 0 atom stereocenters. The van der Waals surface area contributed by atoms with E-state index in [9.17, 15) is 19.2 Å². The highest BCUT2D eigenvalue weighted by molar-refractivity contribution is 6.31. The van der Waals surface area contributed by atoms with Crippen molar-refractivity contribution in [2.45, 2.75) is 19.3 Å². The van der Waals surface area contributed by atoms with Gasteiger partial charge in [0.05, 0.1) is 36.9 Å². The highest BCUT2D eigenvalue weighted by atomic mass is 35.5. The van der Waals surface area contributed by atoms with Crippen molar-refractivity contribution in [2.24, 2.45) is 5.41 Å². The third-order valence-electron chi connectivity index (χ3n) is 6.07. The maximum absolute atomic E-state index is 13.2. The van der Waals surface area contributed by atoms with Gasteiger partial charge in [0.1, 0.15) is 11.6 Å². The number of halogens is 2. The van der Waals surface area contributed by atoms with Crippen molar-refractivity contribution >= 4 is 23.4 Å². The number of carbonyl (C=O) groups is 2. The second-order valence-corrected chi connectivity index (χ2v) is 9.03. The fraction of sp³-hybridized carbons (Fsp3) is 0.423. The van der Waals surface area contributed by atoms with E-state index in [1.54, 1.807) is 23.1 Å². The second-order valence-electron chi connectivity index (χ2n) is 8.60. The van der Waals surface area contributed by atoms with Crippen LogP contribution in [0.25, 0.3) is 0 Å². The Labute approximate surface area is 214 Å². The highest BCUT2D eigenvalue weighted by Crippen LogP contribution is 2.34. The Morgan fingerprint density at radius 3 is 2.56 bits per heavy atom. The van der Waals surface area contributed by atoms with E-state index in [2.05, 4.69) is 11.4 Å². The molecule has 1 heterocycles. The van der Waals surface area contributed by atoms with E-state index in [4.69, 9.17) is 26.2 Å². The first kappa shape index (κ1) is 27.4. The van der Waals surface area contributed by atoms with Gasteiger partial charge < -0.3 is 24.8 Å². The summed E-state index contributed by atoms with van der Waals surface area (Å²) in [5, 5.41) is 21.6. The fourth-order valence-electron chi connectivity index (χ4n) is 4.04. The molecule has 2 N–H and O–H groups in total. The van der Waals surface area contributed by atoms with E-state index in [0.29, 0.717) is 37.4 Å². The molecule has 10 heteroatoms. The Morgan fingerprint density at radius 1 is 1.17 bits per heavy atom. The van der Waals surface area contributed by atoms with Crippen molar-refractivity contribution < 1.29 is 28.6 Å². The van der Waals surface area contributed by atoms with E-state index in [0.717, 1.165) is 5.56 Å². The van der Waals surface area contributed by atoms with Gasteiger partial charge in [0.15, 0.2) is 6.61 Å². The lowest BCUT2D eigenvalue weighted by molar-refractivity contribution is -0.135. The van der Waals surface area contributed by atoms with Gasteiger partial charge in [-0.3, -0.25) is 9.59 Å². The SMILES string of the molecule is N#CC1(Cc2ccc(F)cc2)CCN(C(=O)COc2ccc(Cl)cc2C(=O)NCCOCCO)CC1. The normalized spacial score (nSPS) is 14.7. The molecule has 2 aromatic carbocycles. The fourth-order valence-corrected chi connectivity index (χ4v) is 4.21. The lowest BCUT2D eigenvalue weighted by Gasteiger charge is -2.37. The molecule has 0 aromatic heterocycles. The number of likely N-dealkylation sites (tertiary alicyclic amines) is 1. The predicted molar refractivity (Wildman–Crippen MR) is 131 cm³/mol. The number of benzene rings is 2. The van der Waals surface area contributed by atoms with Crippen LogP contribution in [0.5, 0.6) is 5.75 Å². The zero-order valence-electron chi connectivity index (χ0n) is 19.8. The van der Waals surface area contributed by atoms with Crippen LogP contribution in [0.15, 0.2) is 42.5 Å². The molecule has 0 saturated carbocycles. The van der Waals surface area contributed by atoms with Crippen LogP contribution < -0.4 is 10.1 Å². The predicted octanol–water partition coefficient (Wildman–Crippen LogP) is 2.97. The number of carbonyl (C=O) groups excluding carboxylic acids is 2. The number of nitrogens with one attached hydrogen (secondary N) is 1. The summed E-state index contributed by atoms with van der Waals surface area (Å²) in [4.78, 5) is 27.0. The first-order valence-electron chi connectivity index (χ1n) is 11.7. The number of amides is 2. The number of nitrogens with zero attached hydrogens (tertiary/aromatic N) is 2. The summed E-state index contributed by atoms with van der Waals surface area (Å²) in [5.74, 6) is -0.771. The van der Waals surface area contributed by atoms with Gasteiger partial charge >= 0.3 is 0 Å². The van der Waals surface area contributed by atoms with E-state index >= 15 is 0 Å². The molecule has 2 amide bonds. The molecular formula is C26H29ClFN3O5. The van der Waals surface area contributed by atoms with E-state index in [1.165, 1.54) is 24.3 Å². The molecule has 192 valence electrons. The topological polar surface area (TPSA) is 112 Å². The Morgan fingerprint density at radius 2 is 1.89 bits per heavy atom. The minimum absolute atomic E-state index is 0.100. The lowest BCUT2D eigenvalue weighted by atomic mass is 9.75. The van der Waals surface area contributed by atoms with Gasteiger partial charge in [-0.1, -0.05) is 23.7 Å². The number of aliphatic hydroxyl groups excluding tert-OH is 1. The lowest BCUT2D eigenvalue weighted by Crippen LogP contribution is -2.45. The number of ether oxygens (including phenoxy) is 2. The van der Waals surface area contributed by atoms with Gasteiger partial charge in [0.25, 0.3) is 11.8 Å². The second kappa shape index (κ2) is 13.2. The largest absolute Gasteiger partial charge is 0.483 e. The molecule has 3 rings (SSSR count). The number of aliphatic hydroxyl groups is 1. The Hall–Kier alpha value is -3.19. The van der Waals surface area contributed by atoms with Crippen molar-refractivity contribution in [3.63, 3.8) is 0 Å². The molecule has 1 aliphatic rings. The molecule has 1 aliphatic heterocycles. The van der Waals surface area contributed by atoms with Crippen molar-refractivity contribution in [2.75, 3.05) is 46.1 Å². The quantitative estimate of drug-likeness (QED) is 0.443. The van der Waals surface area contributed by atoms with E-state index in [1.807, 2.05) is 0 Å². The Bertz CT molecular complexity index is 1080. The van der Waals surface area contributed by atoms with Crippen molar-refractivity contribution in [1.29, 1.82) is 5.26 Å². The summed E-state index contributed by atoms with van der Waals surface area (Å²) in [7, 11) is 0. The van der Waals surface area contributed by atoms with Crippen LogP contribution >= 0.6 is 11.6 Å². The summed E-state index contributed by atoms with van der Waals surface area (Å²) >= 11 is 6.05. The molecule has 1 fully saturated rings. The molecule has 0 unspecified atom stereocenters. The van der Waals surface area contributed by atoms with E-state index < -0.39 is 11.3 Å². The molecule has 0 aliphatic carbocycles. The minimum Gasteiger partial charge on any atom is -0.483 e. The molecule has 0 bridgehead atoms. The molecule has 1 saturated heterocycles. The van der Waals surface area contributed by atoms with Crippen molar-refractivity contribution in [3.05, 3.63) is 64.4 Å². The van der Waals surface area contributed by atoms with Gasteiger partial charge in [-0.05, 0) is 55.2 Å². The smallest absolute Gasteiger partial charge is 0.260 e. The number of hydrogen-bond donors (Lipinski definition) is 2. The first-order valence-corrected chi connectivity index (χ1v) is 12.1. The average molecular weight is 518 g/mol. The zero-order valence-corrected chi connectivity index (χ0v) is 20.6. The van der Waals surface area contributed by atoms with Gasteiger partial charge in [-0.2, -0.15) is 5.26 Å². The number of rotatable bonds is 11. The molecule has 0 radical (unpaired) electrons. The van der Waals surface area contributed by atoms with Crippen LogP contribution in [0.1, 0.15) is 28.8 Å². The molecule has 0 spiro atoms. The van der Waals surface area contributed by atoms with Crippen LogP contribution in [0, 0.1) is 22.6 Å². The Kier molecular flexibility index (Phi) is 10.1.